The number of halogens is 1. The largest absolute Gasteiger partial charge is 0.497 e. The fourth-order valence-electron chi connectivity index (χ4n) is 4.35. The highest BCUT2D eigenvalue weighted by Crippen LogP contribution is 2.39. The van der Waals surface area contributed by atoms with Gasteiger partial charge in [0.1, 0.15) is 11.3 Å². The van der Waals surface area contributed by atoms with Gasteiger partial charge in [-0.25, -0.2) is 4.79 Å². The molecule has 7 nitrogen and oxygen atoms in total. The van der Waals surface area contributed by atoms with E-state index in [1.165, 1.54) is 7.11 Å². The first-order chi connectivity index (χ1) is 16.9. The number of rotatable bonds is 5. The molecule has 0 saturated carbocycles. The number of methoxy groups -OCH3 is 2. The molecule has 176 valence electrons. The Labute approximate surface area is 209 Å². The van der Waals surface area contributed by atoms with E-state index in [4.69, 9.17) is 13.9 Å². The van der Waals surface area contributed by atoms with Crippen molar-refractivity contribution in [2.24, 2.45) is 0 Å². The monoisotopic (exact) mass is 533 g/mol. The van der Waals surface area contributed by atoms with Crippen LogP contribution in [0.1, 0.15) is 43.6 Å². The van der Waals surface area contributed by atoms with Crippen LogP contribution in [0.25, 0.3) is 11.0 Å². The summed E-state index contributed by atoms with van der Waals surface area (Å²) in [6, 6.07) is 18.5. The van der Waals surface area contributed by atoms with Gasteiger partial charge in [-0.3, -0.25) is 9.59 Å². The number of carbonyl (C=O) groups excluding carboxylic acids is 2. The molecule has 0 bridgehead atoms. The lowest BCUT2D eigenvalue weighted by Crippen LogP contribution is -2.29. The Morgan fingerprint density at radius 2 is 1.71 bits per heavy atom. The van der Waals surface area contributed by atoms with Crippen LogP contribution >= 0.6 is 15.9 Å². The third-order valence-electron chi connectivity index (χ3n) is 6.09. The van der Waals surface area contributed by atoms with Crippen molar-refractivity contribution in [3.8, 4) is 5.75 Å². The second kappa shape index (κ2) is 9.03. The maximum Gasteiger partial charge on any atom is 0.337 e. The molecule has 4 aromatic rings. The molecule has 1 aliphatic heterocycles. The van der Waals surface area contributed by atoms with Crippen molar-refractivity contribution >= 4 is 38.8 Å². The molecule has 35 heavy (non-hydrogen) atoms. The van der Waals surface area contributed by atoms with E-state index in [2.05, 4.69) is 15.9 Å². The lowest BCUT2D eigenvalue weighted by Gasteiger charge is -2.25. The smallest absolute Gasteiger partial charge is 0.337 e. The van der Waals surface area contributed by atoms with Crippen molar-refractivity contribution < 1.29 is 23.5 Å². The van der Waals surface area contributed by atoms with Gasteiger partial charge in [0.15, 0.2) is 5.43 Å². The Kier molecular flexibility index (Phi) is 5.90. The van der Waals surface area contributed by atoms with E-state index in [9.17, 15) is 14.4 Å². The fraction of sp³-hybridized carbons (Fsp3) is 0.148. The number of hydrogen-bond donors (Lipinski definition) is 0. The van der Waals surface area contributed by atoms with Crippen LogP contribution in [0.4, 0.5) is 0 Å². The second-order valence-electron chi connectivity index (χ2n) is 8.11. The quantitative estimate of drug-likeness (QED) is 0.332. The third-order valence-corrected chi connectivity index (χ3v) is 6.58. The van der Waals surface area contributed by atoms with E-state index in [1.54, 1.807) is 54.5 Å². The van der Waals surface area contributed by atoms with E-state index in [1.807, 2.05) is 24.3 Å². The molecule has 0 unspecified atom stereocenters. The van der Waals surface area contributed by atoms with E-state index in [0.29, 0.717) is 27.8 Å². The predicted molar refractivity (Wildman–Crippen MR) is 133 cm³/mol. The summed E-state index contributed by atoms with van der Waals surface area (Å²) in [6.07, 6.45) is 0. The average Bonchev–Trinajstić information content (AvgIpc) is 3.16. The highest BCUT2D eigenvalue weighted by molar-refractivity contribution is 9.10. The lowest BCUT2D eigenvalue weighted by molar-refractivity contribution is 0.0599. The minimum absolute atomic E-state index is 0.0281. The van der Waals surface area contributed by atoms with Gasteiger partial charge >= 0.3 is 5.97 Å². The van der Waals surface area contributed by atoms with Gasteiger partial charge < -0.3 is 18.8 Å². The average molecular weight is 534 g/mol. The lowest BCUT2D eigenvalue weighted by atomic mass is 9.97. The molecule has 0 aliphatic carbocycles. The number of hydrogen-bond acceptors (Lipinski definition) is 6. The number of benzene rings is 3. The Balaban J connectivity index is 1.66. The predicted octanol–water partition coefficient (Wildman–Crippen LogP) is 5.10. The Morgan fingerprint density at radius 3 is 2.37 bits per heavy atom. The van der Waals surface area contributed by atoms with Crippen molar-refractivity contribution in [2.45, 2.75) is 12.6 Å². The van der Waals surface area contributed by atoms with Gasteiger partial charge in [-0.2, -0.15) is 0 Å². The zero-order chi connectivity index (χ0) is 24.7. The zero-order valence-corrected chi connectivity index (χ0v) is 20.5. The van der Waals surface area contributed by atoms with Gasteiger partial charge in [0, 0.05) is 11.0 Å². The number of nitrogens with zero attached hydrogens (tertiary/aromatic N) is 1. The summed E-state index contributed by atoms with van der Waals surface area (Å²) in [5.41, 5.74) is 2.27. The SMILES string of the molecule is COC(=O)c1ccc([C@H]2c3c(oc4ccc(Br)cc4c3=O)C(=O)N2Cc2ccc(OC)cc2)cc1. The summed E-state index contributed by atoms with van der Waals surface area (Å²) in [5, 5.41) is 0.383. The summed E-state index contributed by atoms with van der Waals surface area (Å²) in [7, 11) is 2.90. The van der Waals surface area contributed by atoms with Crippen LogP contribution in [0.3, 0.4) is 0 Å². The molecule has 5 rings (SSSR count). The van der Waals surface area contributed by atoms with Crippen molar-refractivity contribution in [1.82, 2.24) is 4.90 Å². The molecule has 1 aromatic heterocycles. The first kappa shape index (κ1) is 22.9. The summed E-state index contributed by atoms with van der Waals surface area (Å²) in [4.78, 5) is 40.8. The van der Waals surface area contributed by atoms with Gasteiger partial charge in [0.05, 0.1) is 36.8 Å². The standard InChI is InChI=1S/C27H20BrNO6/c1-33-19-10-3-15(4-11-19)14-29-23(16-5-7-17(8-6-16)27(32)34-2)22-24(30)20-13-18(28)9-12-21(20)35-25(22)26(29)31/h3-13,23H,14H2,1-2H3/t23-/m0/s1. The third kappa shape index (κ3) is 4.00. The van der Waals surface area contributed by atoms with E-state index in [0.717, 1.165) is 10.0 Å². The number of fused-ring (bicyclic) bond motifs is 2. The maximum atomic E-state index is 13.7. The maximum absolute atomic E-state index is 13.7. The minimum atomic E-state index is -0.689. The number of esters is 1. The molecule has 3 aromatic carbocycles. The minimum Gasteiger partial charge on any atom is -0.497 e. The first-order valence-corrected chi connectivity index (χ1v) is 11.6. The molecule has 0 spiro atoms. The summed E-state index contributed by atoms with van der Waals surface area (Å²) >= 11 is 3.40. The fourth-order valence-corrected chi connectivity index (χ4v) is 4.71. The van der Waals surface area contributed by atoms with Gasteiger partial charge in [-0.05, 0) is 53.6 Å². The molecule has 1 aliphatic rings. The van der Waals surface area contributed by atoms with Crippen LogP contribution in [-0.4, -0.2) is 31.0 Å². The molecule has 0 fully saturated rings. The van der Waals surface area contributed by atoms with Crippen LogP contribution in [-0.2, 0) is 11.3 Å². The molecular weight excluding hydrogens is 514 g/mol. The highest BCUT2D eigenvalue weighted by atomic mass is 79.9. The first-order valence-electron chi connectivity index (χ1n) is 10.8. The van der Waals surface area contributed by atoms with Crippen LogP contribution in [0, 0.1) is 0 Å². The van der Waals surface area contributed by atoms with Crippen molar-refractivity contribution in [3.05, 3.63) is 109 Å². The van der Waals surface area contributed by atoms with Gasteiger partial charge in [0.2, 0.25) is 5.76 Å². The molecule has 0 N–H and O–H groups in total. The van der Waals surface area contributed by atoms with Crippen molar-refractivity contribution in [1.29, 1.82) is 0 Å². The molecule has 8 heteroatoms. The van der Waals surface area contributed by atoms with Gasteiger partial charge in [0.25, 0.3) is 5.91 Å². The van der Waals surface area contributed by atoms with Gasteiger partial charge in [-0.1, -0.05) is 40.2 Å². The normalized spacial score (nSPS) is 14.8. The summed E-state index contributed by atoms with van der Waals surface area (Å²) in [6.45, 7) is 0.246. The summed E-state index contributed by atoms with van der Waals surface area (Å²) in [5.74, 6) is -0.113. The van der Waals surface area contributed by atoms with Crippen LogP contribution < -0.4 is 10.2 Å². The number of carbonyl (C=O) groups is 2. The van der Waals surface area contributed by atoms with E-state index >= 15 is 0 Å². The van der Waals surface area contributed by atoms with Crippen LogP contribution in [0.15, 0.2) is 80.4 Å². The van der Waals surface area contributed by atoms with Gasteiger partial charge in [-0.15, -0.1) is 0 Å². The molecule has 0 saturated heterocycles. The van der Waals surface area contributed by atoms with Crippen molar-refractivity contribution in [3.63, 3.8) is 0 Å². The molecule has 0 radical (unpaired) electrons. The molecule has 2 heterocycles. The zero-order valence-electron chi connectivity index (χ0n) is 18.9. The Bertz CT molecular complexity index is 1510. The van der Waals surface area contributed by atoms with Crippen LogP contribution in [0.2, 0.25) is 0 Å². The molecule has 1 atom stereocenters. The Hall–Kier alpha value is -3.91. The van der Waals surface area contributed by atoms with Crippen molar-refractivity contribution in [2.75, 3.05) is 14.2 Å². The second-order valence-corrected chi connectivity index (χ2v) is 9.03. The number of ether oxygens (including phenoxy) is 2. The highest BCUT2D eigenvalue weighted by Gasteiger charge is 2.42. The topological polar surface area (TPSA) is 86.0 Å². The van der Waals surface area contributed by atoms with E-state index in [-0.39, 0.29) is 29.2 Å². The van der Waals surface area contributed by atoms with Crippen LogP contribution in [0.5, 0.6) is 5.75 Å². The van der Waals surface area contributed by atoms with E-state index < -0.39 is 12.0 Å². The Morgan fingerprint density at radius 1 is 1.00 bits per heavy atom. The number of amides is 1. The molecule has 1 amide bonds. The summed E-state index contributed by atoms with van der Waals surface area (Å²) < 4.78 is 16.7. The molecular formula is C27H20BrNO6.